The van der Waals surface area contributed by atoms with Crippen molar-refractivity contribution in [3.63, 3.8) is 0 Å². The molecule has 1 aromatic rings. The highest BCUT2D eigenvalue weighted by atomic mass is 16.5. The zero-order valence-electron chi connectivity index (χ0n) is 9.15. The molecule has 0 N–H and O–H groups in total. The summed E-state index contributed by atoms with van der Waals surface area (Å²) in [5, 5.41) is 0. The van der Waals surface area contributed by atoms with Crippen molar-refractivity contribution in [2.75, 3.05) is 7.11 Å². The lowest BCUT2D eigenvalue weighted by Crippen LogP contribution is -2.33. The van der Waals surface area contributed by atoms with Gasteiger partial charge < -0.3 is 9.47 Å². The van der Waals surface area contributed by atoms with E-state index in [1.807, 2.05) is 0 Å². The quantitative estimate of drug-likeness (QED) is 0.706. The minimum atomic E-state index is -0.684. The Morgan fingerprint density at radius 1 is 1.50 bits per heavy atom. The van der Waals surface area contributed by atoms with Crippen LogP contribution in [0.4, 0.5) is 0 Å². The molecule has 1 aliphatic heterocycles. The van der Waals surface area contributed by atoms with E-state index in [1.165, 1.54) is 6.92 Å². The first kappa shape index (κ1) is 10.7. The second-order valence-electron chi connectivity index (χ2n) is 3.70. The lowest BCUT2D eigenvalue weighted by atomic mass is 9.96. The van der Waals surface area contributed by atoms with E-state index in [-0.39, 0.29) is 5.78 Å². The molecule has 0 spiro atoms. The average molecular weight is 220 g/mol. The summed E-state index contributed by atoms with van der Waals surface area (Å²) in [7, 11) is 1.54. The van der Waals surface area contributed by atoms with Gasteiger partial charge in [-0.05, 0) is 19.1 Å². The van der Waals surface area contributed by atoms with Crippen LogP contribution in [0.5, 0.6) is 5.75 Å². The SMILES string of the molecule is COc1cccc2c1CC(C(C)=O)OC2=O. The van der Waals surface area contributed by atoms with Crippen molar-refractivity contribution in [2.24, 2.45) is 0 Å². The third kappa shape index (κ3) is 1.66. The van der Waals surface area contributed by atoms with Gasteiger partial charge in [0.05, 0.1) is 12.7 Å². The molecule has 1 unspecified atom stereocenters. The molecule has 16 heavy (non-hydrogen) atoms. The zero-order valence-corrected chi connectivity index (χ0v) is 9.15. The van der Waals surface area contributed by atoms with Crippen molar-refractivity contribution in [3.05, 3.63) is 29.3 Å². The molecular formula is C12H12O4. The van der Waals surface area contributed by atoms with Gasteiger partial charge in [-0.1, -0.05) is 6.07 Å². The summed E-state index contributed by atoms with van der Waals surface area (Å²) < 4.78 is 10.2. The van der Waals surface area contributed by atoms with Gasteiger partial charge in [0.15, 0.2) is 11.9 Å². The van der Waals surface area contributed by atoms with Gasteiger partial charge >= 0.3 is 5.97 Å². The minimum Gasteiger partial charge on any atom is -0.496 e. The standard InChI is InChI=1S/C12H12O4/c1-7(13)11-6-9-8(12(14)16-11)4-3-5-10(9)15-2/h3-5,11H,6H2,1-2H3. The topological polar surface area (TPSA) is 52.6 Å². The second kappa shape index (κ2) is 3.96. The van der Waals surface area contributed by atoms with Gasteiger partial charge in [-0.25, -0.2) is 4.79 Å². The second-order valence-corrected chi connectivity index (χ2v) is 3.70. The number of benzene rings is 1. The molecule has 0 fully saturated rings. The van der Waals surface area contributed by atoms with Gasteiger partial charge in [-0.2, -0.15) is 0 Å². The summed E-state index contributed by atoms with van der Waals surface area (Å²) in [6, 6.07) is 5.18. The predicted molar refractivity (Wildman–Crippen MR) is 56.6 cm³/mol. The van der Waals surface area contributed by atoms with Crippen LogP contribution in [0.1, 0.15) is 22.8 Å². The van der Waals surface area contributed by atoms with Gasteiger partial charge in [0.25, 0.3) is 0 Å². The molecule has 0 amide bonds. The zero-order chi connectivity index (χ0) is 11.7. The normalized spacial score (nSPS) is 18.6. The number of rotatable bonds is 2. The number of hydrogen-bond acceptors (Lipinski definition) is 4. The molecule has 0 aromatic heterocycles. The van der Waals surface area contributed by atoms with Crippen LogP contribution in [0, 0.1) is 0 Å². The molecule has 4 nitrogen and oxygen atoms in total. The molecule has 1 heterocycles. The first-order chi connectivity index (χ1) is 7.63. The third-order valence-electron chi connectivity index (χ3n) is 2.67. The molecule has 1 aliphatic rings. The van der Waals surface area contributed by atoms with E-state index >= 15 is 0 Å². The van der Waals surface area contributed by atoms with Crippen LogP contribution in [0.15, 0.2) is 18.2 Å². The van der Waals surface area contributed by atoms with Crippen LogP contribution in [0.2, 0.25) is 0 Å². The maximum Gasteiger partial charge on any atom is 0.339 e. The smallest absolute Gasteiger partial charge is 0.339 e. The number of Topliss-reactive ketones (excluding diaryl/α,β-unsaturated/α-hetero) is 1. The highest BCUT2D eigenvalue weighted by Gasteiger charge is 2.30. The molecule has 0 saturated carbocycles. The summed E-state index contributed by atoms with van der Waals surface area (Å²) in [5.41, 5.74) is 1.23. The Hall–Kier alpha value is -1.84. The van der Waals surface area contributed by atoms with Gasteiger partial charge in [-0.15, -0.1) is 0 Å². The van der Waals surface area contributed by atoms with Gasteiger partial charge in [0.2, 0.25) is 0 Å². The van der Waals surface area contributed by atoms with Gasteiger partial charge in [0.1, 0.15) is 5.75 Å². The number of methoxy groups -OCH3 is 1. The molecule has 1 atom stereocenters. The van der Waals surface area contributed by atoms with Crippen LogP contribution in [0.25, 0.3) is 0 Å². The molecule has 0 aliphatic carbocycles. The van der Waals surface area contributed by atoms with E-state index in [2.05, 4.69) is 0 Å². The largest absolute Gasteiger partial charge is 0.496 e. The lowest BCUT2D eigenvalue weighted by molar-refractivity contribution is -0.125. The highest BCUT2D eigenvalue weighted by Crippen LogP contribution is 2.29. The summed E-state index contributed by atoms with van der Waals surface area (Å²) in [6.07, 6.45) is -0.295. The summed E-state index contributed by atoms with van der Waals surface area (Å²) in [6.45, 7) is 1.42. The Balaban J connectivity index is 2.46. The van der Waals surface area contributed by atoms with E-state index in [0.717, 1.165) is 5.56 Å². The van der Waals surface area contributed by atoms with E-state index < -0.39 is 12.1 Å². The Morgan fingerprint density at radius 2 is 2.25 bits per heavy atom. The fourth-order valence-corrected chi connectivity index (χ4v) is 1.81. The Labute approximate surface area is 93.2 Å². The summed E-state index contributed by atoms with van der Waals surface area (Å²) in [4.78, 5) is 22.9. The molecule has 0 saturated heterocycles. The van der Waals surface area contributed by atoms with Crippen LogP contribution in [-0.2, 0) is 16.0 Å². The molecule has 1 aromatic carbocycles. The minimum absolute atomic E-state index is 0.148. The maximum atomic E-state index is 11.6. The first-order valence-electron chi connectivity index (χ1n) is 5.00. The summed E-state index contributed by atoms with van der Waals surface area (Å²) in [5.74, 6) is 0.0191. The van der Waals surface area contributed by atoms with E-state index in [9.17, 15) is 9.59 Å². The fraction of sp³-hybridized carbons (Fsp3) is 0.333. The van der Waals surface area contributed by atoms with E-state index in [0.29, 0.717) is 17.7 Å². The fourth-order valence-electron chi connectivity index (χ4n) is 1.81. The molecule has 4 heteroatoms. The molecule has 84 valence electrons. The number of carbonyl (C=O) groups excluding carboxylic acids is 2. The Morgan fingerprint density at radius 3 is 2.88 bits per heavy atom. The average Bonchev–Trinajstić information content (AvgIpc) is 2.28. The Kier molecular flexibility index (Phi) is 2.64. The van der Waals surface area contributed by atoms with Crippen molar-refractivity contribution < 1.29 is 19.1 Å². The molecule has 0 radical (unpaired) electrons. The van der Waals surface area contributed by atoms with Crippen molar-refractivity contribution in [3.8, 4) is 5.75 Å². The number of cyclic esters (lactones) is 1. The van der Waals surface area contributed by atoms with Crippen molar-refractivity contribution in [1.82, 2.24) is 0 Å². The monoisotopic (exact) mass is 220 g/mol. The lowest BCUT2D eigenvalue weighted by Gasteiger charge is -2.24. The Bertz CT molecular complexity index is 450. The van der Waals surface area contributed by atoms with Crippen molar-refractivity contribution in [1.29, 1.82) is 0 Å². The van der Waals surface area contributed by atoms with Crippen LogP contribution >= 0.6 is 0 Å². The van der Waals surface area contributed by atoms with E-state index in [4.69, 9.17) is 9.47 Å². The molecule has 2 rings (SSSR count). The molecular weight excluding hydrogens is 208 g/mol. The number of carbonyl (C=O) groups is 2. The number of fused-ring (bicyclic) bond motifs is 1. The van der Waals surface area contributed by atoms with Crippen molar-refractivity contribution in [2.45, 2.75) is 19.4 Å². The number of ether oxygens (including phenoxy) is 2. The highest BCUT2D eigenvalue weighted by molar-refractivity contribution is 5.96. The predicted octanol–water partition coefficient (Wildman–Crippen LogP) is 1.37. The van der Waals surface area contributed by atoms with Crippen LogP contribution in [0.3, 0.4) is 0 Å². The van der Waals surface area contributed by atoms with Crippen LogP contribution in [-0.4, -0.2) is 25.0 Å². The van der Waals surface area contributed by atoms with Crippen molar-refractivity contribution >= 4 is 11.8 Å². The van der Waals surface area contributed by atoms with Crippen LogP contribution < -0.4 is 4.74 Å². The summed E-state index contributed by atoms with van der Waals surface area (Å²) >= 11 is 0. The van der Waals surface area contributed by atoms with Gasteiger partial charge in [-0.3, -0.25) is 4.79 Å². The van der Waals surface area contributed by atoms with E-state index in [1.54, 1.807) is 25.3 Å². The molecule has 0 bridgehead atoms. The number of hydrogen-bond donors (Lipinski definition) is 0. The number of ketones is 1. The first-order valence-corrected chi connectivity index (χ1v) is 5.00. The third-order valence-corrected chi connectivity index (χ3v) is 2.67. The number of esters is 1. The van der Waals surface area contributed by atoms with Gasteiger partial charge in [0, 0.05) is 12.0 Å². The maximum absolute atomic E-state index is 11.6.